The van der Waals surface area contributed by atoms with E-state index in [1.165, 1.54) is 334 Å². The maximum Gasteiger partial charge on any atom is 0.305 e. The number of ether oxygens (including phenoxy) is 1. The molecule has 6 nitrogen and oxygen atoms in total. The summed E-state index contributed by atoms with van der Waals surface area (Å²) in [5.74, 6) is -0.0576. The molecule has 0 heterocycles. The van der Waals surface area contributed by atoms with E-state index in [2.05, 4.69) is 19.2 Å². The molecule has 0 aromatic heterocycles. The minimum atomic E-state index is -0.849. The Hall–Kier alpha value is -1.40. The van der Waals surface area contributed by atoms with Crippen LogP contribution in [0, 0.1) is 0 Å². The quantitative estimate of drug-likeness (QED) is 0.0320. The molecular weight excluding hydrogens is 935 g/mol. The van der Waals surface area contributed by atoms with Crippen LogP contribution in [-0.4, -0.2) is 47.4 Å². The average molecular weight is 1070 g/mol. The molecule has 0 aliphatic carbocycles. The number of nitrogens with one attached hydrogen (secondary N) is 1. The number of carbonyl (C=O) groups is 2. The van der Waals surface area contributed by atoms with Crippen LogP contribution in [-0.2, 0) is 14.3 Å². The van der Waals surface area contributed by atoms with E-state index in [0.29, 0.717) is 19.4 Å². The van der Waals surface area contributed by atoms with Crippen molar-refractivity contribution in [2.24, 2.45) is 0 Å². The second-order valence-corrected chi connectivity index (χ2v) is 24.2. The fourth-order valence-electron chi connectivity index (χ4n) is 11.2. The summed E-state index contributed by atoms with van der Waals surface area (Å²) in [6.45, 7) is 4.94. The van der Waals surface area contributed by atoms with Crippen molar-refractivity contribution >= 4 is 11.9 Å². The molecule has 76 heavy (non-hydrogen) atoms. The predicted octanol–water partition coefficient (Wildman–Crippen LogP) is 22.4. The van der Waals surface area contributed by atoms with Crippen LogP contribution in [0.5, 0.6) is 0 Å². The number of unbranched alkanes of at least 4 members (excludes halogenated alkanes) is 55. The Morgan fingerprint density at radius 3 is 0.895 bits per heavy atom. The lowest BCUT2D eigenvalue weighted by Crippen LogP contribution is -2.45. The molecule has 452 valence electrons. The molecular formula is C70H137NO5. The number of esters is 1. The number of hydrogen-bond donors (Lipinski definition) is 3. The molecule has 1 amide bonds. The molecule has 0 aliphatic heterocycles. The van der Waals surface area contributed by atoms with Crippen LogP contribution in [0.25, 0.3) is 0 Å². The molecule has 0 spiro atoms. The molecule has 0 bridgehead atoms. The number of rotatable bonds is 66. The van der Waals surface area contributed by atoms with Crippen molar-refractivity contribution in [1.82, 2.24) is 5.32 Å². The number of aliphatic hydroxyl groups excluding tert-OH is 2. The van der Waals surface area contributed by atoms with E-state index >= 15 is 0 Å². The first-order chi connectivity index (χ1) is 37.5. The van der Waals surface area contributed by atoms with Gasteiger partial charge >= 0.3 is 5.97 Å². The molecule has 0 saturated heterocycles. The minimum absolute atomic E-state index is 0.0106. The third-order valence-electron chi connectivity index (χ3n) is 16.6. The number of aliphatic hydroxyl groups is 2. The summed E-state index contributed by atoms with van der Waals surface area (Å²) in [5.41, 5.74) is 0. The zero-order chi connectivity index (χ0) is 55.0. The van der Waals surface area contributed by atoms with Crippen molar-refractivity contribution in [1.29, 1.82) is 0 Å². The normalized spacial score (nSPS) is 12.5. The Labute approximate surface area is 476 Å². The van der Waals surface area contributed by atoms with Crippen LogP contribution >= 0.6 is 0 Å². The van der Waals surface area contributed by atoms with Crippen molar-refractivity contribution in [2.75, 3.05) is 13.2 Å². The van der Waals surface area contributed by atoms with Crippen LogP contribution in [0.1, 0.15) is 399 Å². The van der Waals surface area contributed by atoms with Gasteiger partial charge in [-0.05, 0) is 32.1 Å². The topological polar surface area (TPSA) is 95.9 Å². The lowest BCUT2D eigenvalue weighted by molar-refractivity contribution is -0.143. The van der Waals surface area contributed by atoms with Crippen molar-refractivity contribution in [2.45, 2.75) is 411 Å². The summed E-state index contributed by atoms with van der Waals surface area (Å²) in [5, 5.41) is 23.3. The number of hydrogen-bond acceptors (Lipinski definition) is 5. The summed E-state index contributed by atoms with van der Waals surface area (Å²) < 4.78 is 5.51. The highest BCUT2D eigenvalue weighted by Gasteiger charge is 2.18. The van der Waals surface area contributed by atoms with Gasteiger partial charge in [0.2, 0.25) is 5.91 Å². The van der Waals surface area contributed by atoms with Gasteiger partial charge in [-0.15, -0.1) is 0 Å². The van der Waals surface area contributed by atoms with Crippen molar-refractivity contribution < 1.29 is 24.5 Å². The van der Waals surface area contributed by atoms with E-state index in [4.69, 9.17) is 4.74 Å². The van der Waals surface area contributed by atoms with Crippen LogP contribution < -0.4 is 5.32 Å². The Morgan fingerprint density at radius 2 is 0.605 bits per heavy atom. The number of carbonyl (C=O) groups excluding carboxylic acids is 2. The Bertz CT molecular complexity index is 1140. The zero-order valence-corrected chi connectivity index (χ0v) is 51.8. The zero-order valence-electron chi connectivity index (χ0n) is 51.8. The lowest BCUT2D eigenvalue weighted by atomic mass is 10.0. The molecule has 0 aromatic rings. The van der Waals surface area contributed by atoms with Gasteiger partial charge in [-0.3, -0.25) is 9.59 Å². The first-order valence-electron chi connectivity index (χ1n) is 35.0. The van der Waals surface area contributed by atoms with Crippen LogP contribution in [0.15, 0.2) is 12.2 Å². The Balaban J connectivity index is 3.41. The van der Waals surface area contributed by atoms with Crippen molar-refractivity contribution in [3.05, 3.63) is 12.2 Å². The summed E-state index contributed by atoms with van der Waals surface area (Å²) in [6.07, 6.45) is 81.3. The van der Waals surface area contributed by atoms with E-state index in [1.807, 2.05) is 6.08 Å². The molecule has 0 saturated carbocycles. The second kappa shape index (κ2) is 66.1. The van der Waals surface area contributed by atoms with E-state index in [1.54, 1.807) is 6.08 Å². The van der Waals surface area contributed by atoms with Gasteiger partial charge in [0.15, 0.2) is 0 Å². The Kier molecular flexibility index (Phi) is 64.9. The highest BCUT2D eigenvalue weighted by Crippen LogP contribution is 2.19. The van der Waals surface area contributed by atoms with Gasteiger partial charge in [0, 0.05) is 12.8 Å². The molecule has 3 N–H and O–H groups in total. The van der Waals surface area contributed by atoms with Crippen LogP contribution in [0.3, 0.4) is 0 Å². The van der Waals surface area contributed by atoms with Crippen molar-refractivity contribution in [3.63, 3.8) is 0 Å². The third-order valence-corrected chi connectivity index (χ3v) is 16.6. The Morgan fingerprint density at radius 1 is 0.355 bits per heavy atom. The van der Waals surface area contributed by atoms with Gasteiger partial charge < -0.3 is 20.3 Å². The van der Waals surface area contributed by atoms with E-state index in [9.17, 15) is 19.8 Å². The van der Waals surface area contributed by atoms with E-state index in [-0.39, 0.29) is 18.5 Å². The summed E-state index contributed by atoms with van der Waals surface area (Å²) >= 11 is 0. The fraction of sp³-hybridized carbons (Fsp3) is 0.943. The summed E-state index contributed by atoms with van der Waals surface area (Å²) in [7, 11) is 0. The maximum absolute atomic E-state index is 12.5. The molecule has 0 aromatic carbocycles. The van der Waals surface area contributed by atoms with E-state index < -0.39 is 12.1 Å². The molecule has 0 aliphatic rings. The van der Waals surface area contributed by atoms with Gasteiger partial charge in [0.1, 0.15) is 0 Å². The van der Waals surface area contributed by atoms with Gasteiger partial charge in [-0.1, -0.05) is 366 Å². The predicted molar refractivity (Wildman–Crippen MR) is 333 cm³/mol. The maximum atomic E-state index is 12.5. The van der Waals surface area contributed by atoms with Crippen LogP contribution in [0.4, 0.5) is 0 Å². The van der Waals surface area contributed by atoms with Crippen LogP contribution in [0.2, 0.25) is 0 Å². The molecule has 0 rings (SSSR count). The van der Waals surface area contributed by atoms with Gasteiger partial charge in [0.25, 0.3) is 0 Å². The first kappa shape index (κ1) is 74.6. The number of amides is 1. The smallest absolute Gasteiger partial charge is 0.305 e. The standard InChI is InChI=1S/C70H137NO5/c1-3-5-7-9-11-13-15-17-19-21-23-24-25-26-28-30-34-38-42-46-50-54-58-62-68(73)67(66-72)71-69(74)63-59-55-51-47-43-39-35-31-29-33-37-41-45-49-53-57-61-65-76-70(75)64-60-56-52-48-44-40-36-32-27-22-20-18-16-14-12-10-8-6-4-2/h58,62,67-68,72-73H,3-57,59-61,63-66H2,1-2H3,(H,71,74)/b62-58+. The average Bonchev–Trinajstić information content (AvgIpc) is 3.42. The minimum Gasteiger partial charge on any atom is -0.466 e. The molecule has 0 radical (unpaired) electrons. The van der Waals surface area contributed by atoms with Gasteiger partial charge in [-0.25, -0.2) is 0 Å². The SMILES string of the molecule is CCCCCCCCCCCCCCCCCCCCCCC/C=C/C(O)C(CO)NC(=O)CCCCCCCCCCCCCCCCCCCOC(=O)CCCCCCCCCCCCCCCCCCCCC. The van der Waals surface area contributed by atoms with E-state index in [0.717, 1.165) is 38.5 Å². The molecule has 6 heteroatoms. The molecule has 2 atom stereocenters. The van der Waals surface area contributed by atoms with Crippen molar-refractivity contribution in [3.8, 4) is 0 Å². The molecule has 2 unspecified atom stereocenters. The summed E-state index contributed by atoms with van der Waals surface area (Å²) in [4.78, 5) is 24.6. The largest absolute Gasteiger partial charge is 0.466 e. The second-order valence-electron chi connectivity index (χ2n) is 24.2. The lowest BCUT2D eigenvalue weighted by Gasteiger charge is -2.20. The molecule has 0 fully saturated rings. The summed E-state index contributed by atoms with van der Waals surface area (Å²) in [6, 6.07) is -0.633. The first-order valence-corrected chi connectivity index (χ1v) is 35.0. The highest BCUT2D eigenvalue weighted by molar-refractivity contribution is 5.76. The fourth-order valence-corrected chi connectivity index (χ4v) is 11.2. The number of allylic oxidation sites excluding steroid dienone is 1. The monoisotopic (exact) mass is 1070 g/mol. The third kappa shape index (κ3) is 61.8. The van der Waals surface area contributed by atoms with Gasteiger partial charge in [0.05, 0.1) is 25.4 Å². The highest BCUT2D eigenvalue weighted by atomic mass is 16.5. The van der Waals surface area contributed by atoms with Gasteiger partial charge in [-0.2, -0.15) is 0 Å².